The number of hydrogen-bond donors (Lipinski definition) is 1. The fourth-order valence-corrected chi connectivity index (χ4v) is 2.73. The van der Waals surface area contributed by atoms with Crippen molar-refractivity contribution < 1.29 is 0 Å². The zero-order valence-corrected chi connectivity index (χ0v) is 8.76. The summed E-state index contributed by atoms with van der Waals surface area (Å²) >= 11 is 0. The highest BCUT2D eigenvalue weighted by Gasteiger charge is 2.41. The van der Waals surface area contributed by atoms with Gasteiger partial charge in [-0.2, -0.15) is 0 Å². The molecule has 3 rings (SSSR count). The van der Waals surface area contributed by atoms with E-state index in [1.54, 1.807) is 0 Å². The number of piperidine rings is 1. The standard InChI is InChI=1S/C13H16N2/c1-4-12-11(13(5-1)15-12)7-6-10-3-2-8-14-9-10/h2-3,6-9,11-13,15H,1,4-5H2. The van der Waals surface area contributed by atoms with Crippen LogP contribution in [0.4, 0.5) is 0 Å². The first-order valence-electron chi connectivity index (χ1n) is 5.78. The molecule has 0 amide bonds. The minimum absolute atomic E-state index is 0.747. The lowest BCUT2D eigenvalue weighted by Gasteiger charge is -2.49. The van der Waals surface area contributed by atoms with Crippen LogP contribution in [-0.2, 0) is 0 Å². The molecule has 1 aromatic rings. The highest BCUT2D eigenvalue weighted by atomic mass is 15.1. The molecule has 1 saturated carbocycles. The van der Waals surface area contributed by atoms with Gasteiger partial charge in [-0.05, 0) is 24.5 Å². The third kappa shape index (κ3) is 1.70. The van der Waals surface area contributed by atoms with Gasteiger partial charge in [-0.25, -0.2) is 0 Å². The topological polar surface area (TPSA) is 24.9 Å². The van der Waals surface area contributed by atoms with Gasteiger partial charge in [-0.3, -0.25) is 4.98 Å². The first-order chi connectivity index (χ1) is 7.43. The molecular weight excluding hydrogens is 184 g/mol. The number of aromatic nitrogens is 1. The van der Waals surface area contributed by atoms with Crippen molar-refractivity contribution in [1.29, 1.82) is 0 Å². The number of hydrogen-bond acceptors (Lipinski definition) is 2. The van der Waals surface area contributed by atoms with Gasteiger partial charge in [0.15, 0.2) is 0 Å². The van der Waals surface area contributed by atoms with E-state index in [-0.39, 0.29) is 0 Å². The molecule has 2 nitrogen and oxygen atoms in total. The third-order valence-electron chi connectivity index (χ3n) is 3.58. The van der Waals surface area contributed by atoms with Gasteiger partial charge in [0.25, 0.3) is 0 Å². The minimum atomic E-state index is 0.747. The summed E-state index contributed by atoms with van der Waals surface area (Å²) in [5.41, 5.74) is 1.21. The van der Waals surface area contributed by atoms with Crippen LogP contribution in [0.25, 0.3) is 6.08 Å². The zero-order chi connectivity index (χ0) is 10.1. The molecular formula is C13H16N2. The van der Waals surface area contributed by atoms with E-state index < -0.39 is 0 Å². The van der Waals surface area contributed by atoms with E-state index in [1.165, 1.54) is 24.8 Å². The molecule has 1 saturated heterocycles. The summed E-state index contributed by atoms with van der Waals surface area (Å²) in [7, 11) is 0. The predicted molar refractivity (Wildman–Crippen MR) is 61.3 cm³/mol. The fourth-order valence-electron chi connectivity index (χ4n) is 2.73. The molecule has 0 aromatic carbocycles. The van der Waals surface area contributed by atoms with Gasteiger partial charge in [0.05, 0.1) is 0 Å². The molecule has 1 aliphatic heterocycles. The van der Waals surface area contributed by atoms with Gasteiger partial charge >= 0.3 is 0 Å². The molecule has 2 unspecified atom stereocenters. The summed E-state index contributed by atoms with van der Waals surface area (Å²) in [5.74, 6) is 0.763. The molecule has 0 spiro atoms. The van der Waals surface area contributed by atoms with Gasteiger partial charge in [0, 0.05) is 30.4 Å². The van der Waals surface area contributed by atoms with Gasteiger partial charge in [-0.1, -0.05) is 24.6 Å². The van der Waals surface area contributed by atoms with E-state index >= 15 is 0 Å². The Morgan fingerprint density at radius 2 is 2.20 bits per heavy atom. The summed E-state index contributed by atoms with van der Waals surface area (Å²) in [6.07, 6.45) is 12.4. The van der Waals surface area contributed by atoms with Crippen LogP contribution >= 0.6 is 0 Å². The lowest BCUT2D eigenvalue weighted by Crippen LogP contribution is -2.63. The second-order valence-corrected chi connectivity index (χ2v) is 4.53. The number of fused-ring (bicyclic) bond motifs is 2. The average Bonchev–Trinajstić information content (AvgIpc) is 2.31. The summed E-state index contributed by atoms with van der Waals surface area (Å²) < 4.78 is 0. The molecule has 15 heavy (non-hydrogen) atoms. The van der Waals surface area contributed by atoms with Crippen LogP contribution < -0.4 is 5.32 Å². The first-order valence-corrected chi connectivity index (χ1v) is 5.78. The quantitative estimate of drug-likeness (QED) is 0.792. The molecule has 2 atom stereocenters. The fraction of sp³-hybridized carbons (Fsp3) is 0.462. The van der Waals surface area contributed by atoms with Crippen LogP contribution in [0.3, 0.4) is 0 Å². The van der Waals surface area contributed by atoms with Crippen molar-refractivity contribution in [3.63, 3.8) is 0 Å². The maximum atomic E-state index is 4.11. The molecule has 2 aliphatic rings. The number of pyridine rings is 1. The molecule has 2 heterocycles. The van der Waals surface area contributed by atoms with E-state index in [2.05, 4.69) is 28.5 Å². The summed E-state index contributed by atoms with van der Waals surface area (Å²) in [4.78, 5) is 4.11. The molecule has 78 valence electrons. The Bertz CT molecular complexity index is 344. The van der Waals surface area contributed by atoms with Crippen molar-refractivity contribution >= 4 is 6.08 Å². The van der Waals surface area contributed by atoms with Crippen LogP contribution in [0.5, 0.6) is 0 Å². The Balaban J connectivity index is 1.68. The van der Waals surface area contributed by atoms with Gasteiger partial charge in [0.1, 0.15) is 0 Å². The highest BCUT2D eigenvalue weighted by Crippen LogP contribution is 2.35. The highest BCUT2D eigenvalue weighted by molar-refractivity contribution is 5.48. The van der Waals surface area contributed by atoms with E-state index in [0.29, 0.717) is 0 Å². The lowest BCUT2D eigenvalue weighted by atomic mass is 9.72. The Morgan fingerprint density at radius 3 is 2.87 bits per heavy atom. The summed E-state index contributed by atoms with van der Waals surface area (Å²) in [5, 5.41) is 3.60. The SMILES string of the molecule is C(=CC1C2CCCC1N2)c1cccnc1. The van der Waals surface area contributed by atoms with Crippen molar-refractivity contribution in [2.45, 2.75) is 31.3 Å². The van der Waals surface area contributed by atoms with Crippen LogP contribution in [0.2, 0.25) is 0 Å². The smallest absolute Gasteiger partial charge is 0.0340 e. The van der Waals surface area contributed by atoms with E-state index in [0.717, 1.165) is 18.0 Å². The van der Waals surface area contributed by atoms with Gasteiger partial charge in [-0.15, -0.1) is 0 Å². The molecule has 0 radical (unpaired) electrons. The molecule has 2 bridgehead atoms. The van der Waals surface area contributed by atoms with Gasteiger partial charge in [0.2, 0.25) is 0 Å². The van der Waals surface area contributed by atoms with E-state index in [1.807, 2.05) is 18.5 Å². The molecule has 1 aromatic heterocycles. The zero-order valence-electron chi connectivity index (χ0n) is 8.76. The van der Waals surface area contributed by atoms with Crippen molar-refractivity contribution in [2.75, 3.05) is 0 Å². The molecule has 2 fully saturated rings. The third-order valence-corrected chi connectivity index (χ3v) is 3.58. The van der Waals surface area contributed by atoms with Crippen molar-refractivity contribution in [2.24, 2.45) is 5.92 Å². The Labute approximate surface area is 90.4 Å². The van der Waals surface area contributed by atoms with Crippen LogP contribution in [-0.4, -0.2) is 17.1 Å². The largest absolute Gasteiger partial charge is 0.310 e. The number of nitrogens with zero attached hydrogens (tertiary/aromatic N) is 1. The number of nitrogens with one attached hydrogen (secondary N) is 1. The van der Waals surface area contributed by atoms with Crippen molar-refractivity contribution in [3.05, 3.63) is 36.2 Å². The van der Waals surface area contributed by atoms with Crippen LogP contribution in [0, 0.1) is 5.92 Å². The molecule has 2 heteroatoms. The Kier molecular flexibility index (Phi) is 2.29. The Hall–Kier alpha value is -1.15. The second kappa shape index (κ2) is 3.78. The summed E-state index contributed by atoms with van der Waals surface area (Å²) in [6.45, 7) is 0. The maximum Gasteiger partial charge on any atom is 0.0340 e. The molecule has 1 aliphatic carbocycles. The second-order valence-electron chi connectivity index (χ2n) is 4.53. The minimum Gasteiger partial charge on any atom is -0.310 e. The number of rotatable bonds is 2. The monoisotopic (exact) mass is 200 g/mol. The Morgan fingerprint density at radius 1 is 1.33 bits per heavy atom. The van der Waals surface area contributed by atoms with E-state index in [4.69, 9.17) is 0 Å². The average molecular weight is 200 g/mol. The van der Waals surface area contributed by atoms with Crippen LogP contribution in [0.1, 0.15) is 24.8 Å². The normalized spacial score (nSPS) is 34.0. The maximum absolute atomic E-state index is 4.11. The molecule has 1 N–H and O–H groups in total. The summed E-state index contributed by atoms with van der Waals surface area (Å²) in [6, 6.07) is 5.58. The van der Waals surface area contributed by atoms with Gasteiger partial charge < -0.3 is 5.32 Å². The van der Waals surface area contributed by atoms with Crippen molar-refractivity contribution in [1.82, 2.24) is 10.3 Å². The predicted octanol–water partition coefficient (Wildman–Crippen LogP) is 2.24. The first kappa shape index (κ1) is 9.10. The van der Waals surface area contributed by atoms with Crippen molar-refractivity contribution in [3.8, 4) is 0 Å². The van der Waals surface area contributed by atoms with Crippen LogP contribution in [0.15, 0.2) is 30.6 Å². The van der Waals surface area contributed by atoms with E-state index in [9.17, 15) is 0 Å². The lowest BCUT2D eigenvalue weighted by molar-refractivity contribution is 0.118.